The standard InChI is InChI=1S/C18H31N3/c1-13-8-7-11-18(12-13,21(4)5)17(20-19)16-10-6-9-14(2)15(16)3/h6,9-10,13,17,20H,7-8,11-12,19H2,1-5H3. The number of likely N-dealkylation sites (N-methyl/N-ethyl adjacent to an activating group) is 1. The highest BCUT2D eigenvalue weighted by Gasteiger charge is 2.44. The van der Waals surface area contributed by atoms with Gasteiger partial charge in [-0.05, 0) is 63.4 Å². The molecule has 0 radical (unpaired) electrons. The molecule has 0 saturated heterocycles. The van der Waals surface area contributed by atoms with Crippen molar-refractivity contribution in [3.8, 4) is 0 Å². The van der Waals surface area contributed by atoms with Crippen LogP contribution in [0.15, 0.2) is 18.2 Å². The Kier molecular flexibility index (Phi) is 5.07. The molecule has 3 N–H and O–H groups in total. The first-order valence-corrected chi connectivity index (χ1v) is 8.12. The molecule has 0 aliphatic heterocycles. The lowest BCUT2D eigenvalue weighted by Crippen LogP contribution is -2.57. The van der Waals surface area contributed by atoms with Crippen molar-refractivity contribution >= 4 is 0 Å². The second kappa shape index (κ2) is 6.47. The van der Waals surface area contributed by atoms with Crippen molar-refractivity contribution < 1.29 is 0 Å². The van der Waals surface area contributed by atoms with Crippen LogP contribution in [0, 0.1) is 19.8 Å². The first-order valence-electron chi connectivity index (χ1n) is 8.12. The van der Waals surface area contributed by atoms with Crippen LogP contribution in [0.25, 0.3) is 0 Å². The smallest absolute Gasteiger partial charge is 0.0646 e. The van der Waals surface area contributed by atoms with E-state index < -0.39 is 0 Å². The summed E-state index contributed by atoms with van der Waals surface area (Å²) >= 11 is 0. The first-order chi connectivity index (χ1) is 9.92. The molecule has 3 unspecified atom stereocenters. The SMILES string of the molecule is Cc1cccc(C(NN)C2(N(C)C)CCCC(C)C2)c1C. The van der Waals surface area contributed by atoms with Crippen molar-refractivity contribution in [2.45, 2.75) is 58.0 Å². The van der Waals surface area contributed by atoms with Crippen LogP contribution in [-0.2, 0) is 0 Å². The fraction of sp³-hybridized carbons (Fsp3) is 0.667. The van der Waals surface area contributed by atoms with Gasteiger partial charge in [0.15, 0.2) is 0 Å². The Morgan fingerprint density at radius 2 is 2.05 bits per heavy atom. The highest BCUT2D eigenvalue weighted by Crippen LogP contribution is 2.44. The zero-order valence-corrected chi connectivity index (χ0v) is 14.2. The predicted molar refractivity (Wildman–Crippen MR) is 90.0 cm³/mol. The molecule has 0 spiro atoms. The van der Waals surface area contributed by atoms with E-state index in [0.29, 0.717) is 0 Å². The molecule has 2 rings (SSSR count). The average Bonchev–Trinajstić information content (AvgIpc) is 2.44. The minimum absolute atomic E-state index is 0.102. The van der Waals surface area contributed by atoms with Gasteiger partial charge in [0.1, 0.15) is 0 Å². The summed E-state index contributed by atoms with van der Waals surface area (Å²) in [5, 5.41) is 0. The zero-order valence-electron chi connectivity index (χ0n) is 14.2. The molecule has 0 amide bonds. The molecule has 0 heterocycles. The highest BCUT2D eigenvalue weighted by atomic mass is 15.3. The summed E-state index contributed by atoms with van der Waals surface area (Å²) in [6.45, 7) is 6.76. The van der Waals surface area contributed by atoms with Crippen LogP contribution in [0.3, 0.4) is 0 Å². The summed E-state index contributed by atoms with van der Waals surface area (Å²) in [6.07, 6.45) is 5.01. The van der Waals surface area contributed by atoms with E-state index in [1.165, 1.54) is 42.4 Å². The molecule has 3 nitrogen and oxygen atoms in total. The molecule has 118 valence electrons. The van der Waals surface area contributed by atoms with Crippen molar-refractivity contribution in [3.05, 3.63) is 34.9 Å². The van der Waals surface area contributed by atoms with Gasteiger partial charge in [0.25, 0.3) is 0 Å². The molecule has 21 heavy (non-hydrogen) atoms. The van der Waals surface area contributed by atoms with E-state index in [4.69, 9.17) is 5.84 Å². The van der Waals surface area contributed by atoms with E-state index >= 15 is 0 Å². The second-order valence-electron chi connectivity index (χ2n) is 7.09. The van der Waals surface area contributed by atoms with Gasteiger partial charge < -0.3 is 4.90 Å². The minimum Gasteiger partial charge on any atom is -0.302 e. The Labute approximate surface area is 129 Å². The summed E-state index contributed by atoms with van der Waals surface area (Å²) in [5.74, 6) is 6.80. The van der Waals surface area contributed by atoms with E-state index in [2.05, 4.69) is 63.4 Å². The van der Waals surface area contributed by atoms with Gasteiger partial charge in [-0.15, -0.1) is 0 Å². The van der Waals surface area contributed by atoms with Crippen LogP contribution in [0.4, 0.5) is 0 Å². The van der Waals surface area contributed by atoms with E-state index in [9.17, 15) is 0 Å². The molecule has 1 aliphatic carbocycles. The van der Waals surface area contributed by atoms with Crippen molar-refractivity contribution in [3.63, 3.8) is 0 Å². The Hall–Kier alpha value is -0.900. The van der Waals surface area contributed by atoms with Gasteiger partial charge in [-0.3, -0.25) is 11.3 Å². The van der Waals surface area contributed by atoms with Crippen LogP contribution in [0.2, 0.25) is 0 Å². The van der Waals surface area contributed by atoms with Gasteiger partial charge in [0, 0.05) is 5.54 Å². The molecule has 3 heteroatoms. The number of nitrogens with zero attached hydrogens (tertiary/aromatic N) is 1. The van der Waals surface area contributed by atoms with Gasteiger partial charge in [-0.25, -0.2) is 0 Å². The van der Waals surface area contributed by atoms with Gasteiger partial charge in [0.05, 0.1) is 6.04 Å². The highest BCUT2D eigenvalue weighted by molar-refractivity contribution is 5.37. The molecule has 1 saturated carbocycles. The van der Waals surface area contributed by atoms with Crippen molar-refractivity contribution in [1.29, 1.82) is 0 Å². The van der Waals surface area contributed by atoms with Crippen LogP contribution in [0.5, 0.6) is 0 Å². The number of nitrogens with two attached hydrogens (primary N) is 1. The van der Waals surface area contributed by atoms with Crippen molar-refractivity contribution in [2.24, 2.45) is 11.8 Å². The number of hydrogen-bond acceptors (Lipinski definition) is 3. The number of hydrazine groups is 1. The third kappa shape index (κ3) is 3.01. The lowest BCUT2D eigenvalue weighted by Gasteiger charge is -2.50. The van der Waals surface area contributed by atoms with Gasteiger partial charge in [-0.2, -0.15) is 0 Å². The summed E-state index contributed by atoms with van der Waals surface area (Å²) < 4.78 is 0. The Balaban J connectivity index is 2.48. The van der Waals surface area contributed by atoms with Crippen molar-refractivity contribution in [2.75, 3.05) is 14.1 Å². The van der Waals surface area contributed by atoms with Crippen LogP contribution >= 0.6 is 0 Å². The van der Waals surface area contributed by atoms with Crippen LogP contribution in [-0.4, -0.2) is 24.5 Å². The monoisotopic (exact) mass is 289 g/mol. The maximum atomic E-state index is 6.05. The van der Waals surface area contributed by atoms with Crippen molar-refractivity contribution in [1.82, 2.24) is 10.3 Å². The number of nitrogens with one attached hydrogen (secondary N) is 1. The largest absolute Gasteiger partial charge is 0.302 e. The lowest BCUT2D eigenvalue weighted by atomic mass is 9.69. The fourth-order valence-corrected chi connectivity index (χ4v) is 4.11. The third-order valence-electron chi connectivity index (χ3n) is 5.56. The van der Waals surface area contributed by atoms with Crippen LogP contribution in [0.1, 0.15) is 55.3 Å². The Bertz CT molecular complexity index is 483. The quantitative estimate of drug-likeness (QED) is 0.660. The lowest BCUT2D eigenvalue weighted by molar-refractivity contribution is 0.0364. The molecule has 1 aromatic carbocycles. The molecular weight excluding hydrogens is 258 g/mol. The number of hydrogen-bond donors (Lipinski definition) is 2. The number of rotatable bonds is 4. The molecule has 0 bridgehead atoms. The first kappa shape index (κ1) is 16.5. The zero-order chi connectivity index (χ0) is 15.6. The maximum Gasteiger partial charge on any atom is 0.0646 e. The number of aryl methyl sites for hydroxylation is 1. The number of benzene rings is 1. The summed E-state index contributed by atoms with van der Waals surface area (Å²) in [7, 11) is 4.40. The molecule has 0 aromatic heterocycles. The molecular formula is C18H31N3. The minimum atomic E-state index is 0.102. The average molecular weight is 289 g/mol. The Morgan fingerprint density at radius 3 is 2.62 bits per heavy atom. The Morgan fingerprint density at radius 1 is 1.33 bits per heavy atom. The topological polar surface area (TPSA) is 41.3 Å². The van der Waals surface area contributed by atoms with Crippen LogP contribution < -0.4 is 11.3 Å². The van der Waals surface area contributed by atoms with E-state index in [-0.39, 0.29) is 11.6 Å². The summed E-state index contributed by atoms with van der Waals surface area (Å²) in [4.78, 5) is 2.40. The van der Waals surface area contributed by atoms with E-state index in [1.54, 1.807) is 0 Å². The fourth-order valence-electron chi connectivity index (χ4n) is 4.11. The molecule has 1 aliphatic rings. The predicted octanol–water partition coefficient (Wildman–Crippen LogP) is 3.32. The van der Waals surface area contributed by atoms with E-state index in [0.717, 1.165) is 5.92 Å². The van der Waals surface area contributed by atoms with Gasteiger partial charge in [-0.1, -0.05) is 38.0 Å². The van der Waals surface area contributed by atoms with Gasteiger partial charge >= 0.3 is 0 Å². The van der Waals surface area contributed by atoms with Gasteiger partial charge in [0.2, 0.25) is 0 Å². The second-order valence-corrected chi connectivity index (χ2v) is 7.09. The normalized spacial score (nSPS) is 27.9. The molecule has 1 aromatic rings. The summed E-state index contributed by atoms with van der Waals surface area (Å²) in [6, 6.07) is 6.74. The summed E-state index contributed by atoms with van der Waals surface area (Å²) in [5.41, 5.74) is 7.31. The van der Waals surface area contributed by atoms with E-state index in [1.807, 2.05) is 0 Å². The third-order valence-corrected chi connectivity index (χ3v) is 5.56. The maximum absolute atomic E-state index is 6.05. The molecule has 1 fully saturated rings. The molecule has 3 atom stereocenters.